The fraction of sp³-hybridized carbons (Fsp3) is 0.400. The standard InChI is InChI=1S/C15H17F3N4S.ClH/c16-15(17,18)11-2-1-3-12(8-11)22-6-4-21(5-7-22)10-13-9-20-14(19)23-13;/h1-3,8-9H,4-7,10H2,(H2,19,20);1H. The number of alkyl halides is 3. The van der Waals surface area contributed by atoms with Gasteiger partial charge < -0.3 is 10.6 Å². The van der Waals surface area contributed by atoms with Gasteiger partial charge >= 0.3 is 6.18 Å². The van der Waals surface area contributed by atoms with Crippen LogP contribution >= 0.6 is 23.7 Å². The Labute approximate surface area is 148 Å². The fourth-order valence-electron chi connectivity index (χ4n) is 2.66. The summed E-state index contributed by atoms with van der Waals surface area (Å²) in [5, 5.41) is 0.558. The highest BCUT2D eigenvalue weighted by molar-refractivity contribution is 7.15. The minimum Gasteiger partial charge on any atom is -0.375 e. The van der Waals surface area contributed by atoms with Gasteiger partial charge in [-0.25, -0.2) is 4.98 Å². The van der Waals surface area contributed by atoms with Crippen molar-refractivity contribution in [2.75, 3.05) is 36.8 Å². The molecule has 0 saturated carbocycles. The Morgan fingerprint density at radius 1 is 1.17 bits per heavy atom. The Kier molecular flexibility index (Phi) is 5.95. The third-order valence-corrected chi connectivity index (χ3v) is 4.67. The Hall–Kier alpha value is -1.51. The zero-order valence-electron chi connectivity index (χ0n) is 12.8. The number of nitrogens with zero attached hydrogens (tertiary/aromatic N) is 3. The fourth-order valence-corrected chi connectivity index (χ4v) is 3.39. The van der Waals surface area contributed by atoms with Crippen LogP contribution in [0.3, 0.4) is 0 Å². The lowest BCUT2D eigenvalue weighted by molar-refractivity contribution is -0.137. The summed E-state index contributed by atoms with van der Waals surface area (Å²) in [6.07, 6.45) is -2.52. The molecule has 1 aromatic heterocycles. The lowest BCUT2D eigenvalue weighted by atomic mass is 10.1. The van der Waals surface area contributed by atoms with E-state index < -0.39 is 11.7 Å². The molecule has 9 heteroatoms. The predicted octanol–water partition coefficient (Wildman–Crippen LogP) is 3.49. The van der Waals surface area contributed by atoms with Gasteiger partial charge in [0.15, 0.2) is 5.13 Å². The molecule has 132 valence electrons. The Morgan fingerprint density at radius 2 is 1.88 bits per heavy atom. The van der Waals surface area contributed by atoms with Gasteiger partial charge in [0.2, 0.25) is 0 Å². The number of halogens is 4. The first kappa shape index (κ1) is 18.8. The second kappa shape index (κ2) is 7.58. The first-order valence-corrected chi connectivity index (χ1v) is 8.08. The zero-order valence-corrected chi connectivity index (χ0v) is 14.4. The summed E-state index contributed by atoms with van der Waals surface area (Å²) in [6.45, 7) is 3.79. The van der Waals surface area contributed by atoms with E-state index in [-0.39, 0.29) is 12.4 Å². The van der Waals surface area contributed by atoms with E-state index >= 15 is 0 Å². The summed E-state index contributed by atoms with van der Waals surface area (Å²) in [7, 11) is 0. The van der Waals surface area contributed by atoms with Gasteiger partial charge in [-0.15, -0.1) is 23.7 Å². The molecule has 0 radical (unpaired) electrons. The summed E-state index contributed by atoms with van der Waals surface area (Å²) in [5.41, 5.74) is 5.65. The maximum absolute atomic E-state index is 12.8. The zero-order chi connectivity index (χ0) is 16.4. The van der Waals surface area contributed by atoms with E-state index in [0.717, 1.165) is 30.6 Å². The molecule has 0 atom stereocenters. The van der Waals surface area contributed by atoms with Crippen LogP contribution in [0.25, 0.3) is 0 Å². The van der Waals surface area contributed by atoms with Gasteiger partial charge in [-0.05, 0) is 18.2 Å². The van der Waals surface area contributed by atoms with E-state index in [1.54, 1.807) is 12.3 Å². The van der Waals surface area contributed by atoms with Gasteiger partial charge in [0.1, 0.15) is 0 Å². The quantitative estimate of drug-likeness (QED) is 0.888. The molecule has 0 bridgehead atoms. The number of hydrogen-bond acceptors (Lipinski definition) is 5. The van der Waals surface area contributed by atoms with Gasteiger partial charge in [0.05, 0.1) is 5.56 Å². The minimum absolute atomic E-state index is 0. The highest BCUT2D eigenvalue weighted by atomic mass is 35.5. The van der Waals surface area contributed by atoms with E-state index in [1.165, 1.54) is 23.5 Å². The molecule has 1 aliphatic heterocycles. The molecule has 1 fully saturated rings. The van der Waals surface area contributed by atoms with E-state index in [2.05, 4.69) is 9.88 Å². The van der Waals surface area contributed by atoms with Crippen molar-refractivity contribution in [3.8, 4) is 0 Å². The number of piperazine rings is 1. The van der Waals surface area contributed by atoms with Crippen molar-refractivity contribution in [1.29, 1.82) is 0 Å². The smallest absolute Gasteiger partial charge is 0.375 e. The van der Waals surface area contributed by atoms with E-state index in [4.69, 9.17) is 5.73 Å². The molecule has 1 saturated heterocycles. The molecule has 0 amide bonds. The molecule has 2 aromatic rings. The SMILES string of the molecule is Cl.Nc1ncc(CN2CCN(c3cccc(C(F)(F)F)c3)CC2)s1. The topological polar surface area (TPSA) is 45.4 Å². The van der Waals surface area contributed by atoms with Crippen molar-refractivity contribution in [3.63, 3.8) is 0 Å². The molecule has 0 spiro atoms. The Bertz CT molecular complexity index is 669. The largest absolute Gasteiger partial charge is 0.416 e. The molecular weight excluding hydrogens is 361 g/mol. The average Bonchev–Trinajstić information content (AvgIpc) is 2.92. The average molecular weight is 379 g/mol. The molecule has 24 heavy (non-hydrogen) atoms. The van der Waals surface area contributed by atoms with Crippen molar-refractivity contribution in [1.82, 2.24) is 9.88 Å². The molecule has 3 rings (SSSR count). The number of rotatable bonds is 3. The van der Waals surface area contributed by atoms with Crippen LogP contribution in [-0.4, -0.2) is 36.1 Å². The van der Waals surface area contributed by atoms with Crippen molar-refractivity contribution in [2.45, 2.75) is 12.7 Å². The molecule has 0 unspecified atom stereocenters. The lowest BCUT2D eigenvalue weighted by Crippen LogP contribution is -2.45. The summed E-state index contributed by atoms with van der Waals surface area (Å²) in [6, 6.07) is 5.52. The summed E-state index contributed by atoms with van der Waals surface area (Å²) >= 11 is 1.47. The molecule has 1 aliphatic rings. The van der Waals surface area contributed by atoms with Crippen LogP contribution in [0.1, 0.15) is 10.4 Å². The van der Waals surface area contributed by atoms with Crippen molar-refractivity contribution in [3.05, 3.63) is 40.9 Å². The van der Waals surface area contributed by atoms with Crippen molar-refractivity contribution in [2.24, 2.45) is 0 Å². The van der Waals surface area contributed by atoms with Gasteiger partial charge in [0, 0.05) is 49.5 Å². The first-order valence-electron chi connectivity index (χ1n) is 7.26. The van der Waals surface area contributed by atoms with Crippen LogP contribution < -0.4 is 10.6 Å². The molecule has 0 aliphatic carbocycles. The highest BCUT2D eigenvalue weighted by Gasteiger charge is 2.31. The third-order valence-electron chi connectivity index (χ3n) is 3.86. The summed E-state index contributed by atoms with van der Waals surface area (Å²) in [5.74, 6) is 0. The Balaban J connectivity index is 0.00000208. The number of nitrogens with two attached hydrogens (primary N) is 1. The molecular formula is C15H18ClF3N4S. The summed E-state index contributed by atoms with van der Waals surface area (Å²) < 4.78 is 38.4. The molecule has 2 heterocycles. The van der Waals surface area contributed by atoms with E-state index in [1.807, 2.05) is 4.90 Å². The Morgan fingerprint density at radius 3 is 2.46 bits per heavy atom. The maximum Gasteiger partial charge on any atom is 0.416 e. The van der Waals surface area contributed by atoms with Gasteiger partial charge in [-0.3, -0.25) is 4.90 Å². The number of thiazole rings is 1. The molecule has 4 nitrogen and oxygen atoms in total. The number of anilines is 2. The second-order valence-electron chi connectivity index (χ2n) is 5.48. The van der Waals surface area contributed by atoms with Crippen LogP contribution in [-0.2, 0) is 12.7 Å². The summed E-state index contributed by atoms with van der Waals surface area (Å²) in [4.78, 5) is 9.39. The number of aromatic nitrogens is 1. The highest BCUT2D eigenvalue weighted by Crippen LogP contribution is 2.32. The normalized spacial score (nSPS) is 16.0. The molecule has 1 aromatic carbocycles. The van der Waals surface area contributed by atoms with Crippen molar-refractivity contribution >= 4 is 34.6 Å². The number of nitrogen functional groups attached to an aromatic ring is 1. The van der Waals surface area contributed by atoms with Crippen LogP contribution in [0.2, 0.25) is 0 Å². The van der Waals surface area contributed by atoms with Crippen LogP contribution in [0.15, 0.2) is 30.5 Å². The van der Waals surface area contributed by atoms with E-state index in [9.17, 15) is 13.2 Å². The first-order chi connectivity index (χ1) is 10.9. The van der Waals surface area contributed by atoms with E-state index in [0.29, 0.717) is 23.9 Å². The van der Waals surface area contributed by atoms with Crippen molar-refractivity contribution < 1.29 is 13.2 Å². The van der Waals surface area contributed by atoms with Gasteiger partial charge in [-0.1, -0.05) is 6.07 Å². The third kappa shape index (κ3) is 4.52. The monoisotopic (exact) mass is 378 g/mol. The molecule has 2 N–H and O–H groups in total. The second-order valence-corrected chi connectivity index (χ2v) is 6.62. The van der Waals surface area contributed by atoms with Crippen LogP contribution in [0.5, 0.6) is 0 Å². The van der Waals surface area contributed by atoms with Crippen LogP contribution in [0, 0.1) is 0 Å². The van der Waals surface area contributed by atoms with Crippen LogP contribution in [0.4, 0.5) is 24.0 Å². The lowest BCUT2D eigenvalue weighted by Gasteiger charge is -2.36. The minimum atomic E-state index is -4.30. The van der Waals surface area contributed by atoms with Gasteiger partial charge in [0.25, 0.3) is 0 Å². The number of benzene rings is 1. The predicted molar refractivity (Wildman–Crippen MR) is 92.7 cm³/mol. The number of hydrogen-bond donors (Lipinski definition) is 1. The maximum atomic E-state index is 12.8. The van der Waals surface area contributed by atoms with Gasteiger partial charge in [-0.2, -0.15) is 13.2 Å².